The minimum atomic E-state index is -3.90. The molecule has 0 amide bonds. The number of nitrogens with zero attached hydrogens (tertiary/aromatic N) is 1. The minimum Gasteiger partial charge on any atom is -0.393 e. The van der Waals surface area contributed by atoms with E-state index in [9.17, 15) is 13.5 Å². The largest absolute Gasteiger partial charge is 0.393 e. The Morgan fingerprint density at radius 2 is 2.22 bits per heavy atom. The third-order valence-electron chi connectivity index (χ3n) is 2.05. The maximum atomic E-state index is 11.9. The fourth-order valence-corrected chi connectivity index (χ4v) is 3.08. The summed E-state index contributed by atoms with van der Waals surface area (Å²) in [6, 6.07) is 1.30. The highest BCUT2D eigenvalue weighted by Crippen LogP contribution is 2.22. The van der Waals surface area contributed by atoms with Crippen LogP contribution in [0.5, 0.6) is 0 Å². The van der Waals surface area contributed by atoms with E-state index in [0.29, 0.717) is 4.47 Å². The average molecular weight is 360 g/mol. The van der Waals surface area contributed by atoms with Gasteiger partial charge in [0.25, 0.3) is 0 Å². The standard InChI is InChI=1S/C9H12BrClN2O4S/c1-9(15,5-14)4-13-18(16,17)7-2-6(10)3-12-8(7)11/h2-3,13-15H,4-5H2,1H3. The molecule has 1 heterocycles. The molecule has 1 atom stereocenters. The van der Waals surface area contributed by atoms with Crippen molar-refractivity contribution < 1.29 is 18.6 Å². The number of aliphatic hydroxyl groups is 2. The summed E-state index contributed by atoms with van der Waals surface area (Å²) in [7, 11) is -3.90. The molecule has 0 aliphatic heterocycles. The van der Waals surface area contributed by atoms with Crippen LogP contribution >= 0.6 is 27.5 Å². The molecule has 1 unspecified atom stereocenters. The van der Waals surface area contributed by atoms with E-state index < -0.39 is 22.2 Å². The van der Waals surface area contributed by atoms with Crippen LogP contribution in [0.4, 0.5) is 0 Å². The van der Waals surface area contributed by atoms with E-state index in [1.165, 1.54) is 19.2 Å². The highest BCUT2D eigenvalue weighted by Gasteiger charge is 2.25. The number of sulfonamides is 1. The van der Waals surface area contributed by atoms with E-state index in [1.807, 2.05) is 0 Å². The van der Waals surface area contributed by atoms with Crippen LogP contribution in [0.1, 0.15) is 6.92 Å². The van der Waals surface area contributed by atoms with Crippen LogP contribution < -0.4 is 4.72 Å². The van der Waals surface area contributed by atoms with Gasteiger partial charge in [0.2, 0.25) is 10.0 Å². The monoisotopic (exact) mass is 358 g/mol. The molecule has 1 rings (SSSR count). The molecular formula is C9H12BrClN2O4S. The van der Waals surface area contributed by atoms with Crippen molar-refractivity contribution in [3.8, 4) is 0 Å². The van der Waals surface area contributed by atoms with Crippen molar-refractivity contribution >= 4 is 37.6 Å². The first-order valence-electron chi connectivity index (χ1n) is 4.82. The third-order valence-corrected chi connectivity index (χ3v) is 4.31. The highest BCUT2D eigenvalue weighted by atomic mass is 79.9. The highest BCUT2D eigenvalue weighted by molar-refractivity contribution is 9.10. The molecule has 0 aliphatic rings. The molecule has 3 N–H and O–H groups in total. The lowest BCUT2D eigenvalue weighted by Gasteiger charge is -2.20. The van der Waals surface area contributed by atoms with Gasteiger partial charge in [-0.1, -0.05) is 11.6 Å². The summed E-state index contributed by atoms with van der Waals surface area (Å²) in [5.74, 6) is 0. The molecule has 1 aromatic heterocycles. The van der Waals surface area contributed by atoms with Crippen molar-refractivity contribution in [1.82, 2.24) is 9.71 Å². The summed E-state index contributed by atoms with van der Waals surface area (Å²) in [6.45, 7) is 0.394. The van der Waals surface area contributed by atoms with Crippen molar-refractivity contribution in [2.75, 3.05) is 13.2 Å². The van der Waals surface area contributed by atoms with Gasteiger partial charge in [0, 0.05) is 17.2 Å². The molecule has 1 aromatic rings. The van der Waals surface area contributed by atoms with Gasteiger partial charge >= 0.3 is 0 Å². The van der Waals surface area contributed by atoms with E-state index in [4.69, 9.17) is 16.7 Å². The number of aliphatic hydroxyl groups excluding tert-OH is 1. The topological polar surface area (TPSA) is 99.5 Å². The molecular weight excluding hydrogens is 348 g/mol. The van der Waals surface area contributed by atoms with Gasteiger partial charge in [0.05, 0.1) is 12.2 Å². The summed E-state index contributed by atoms with van der Waals surface area (Å²) >= 11 is 8.79. The Balaban J connectivity index is 2.97. The predicted molar refractivity (Wildman–Crippen MR) is 69.8 cm³/mol. The molecule has 0 saturated carbocycles. The van der Waals surface area contributed by atoms with Crippen molar-refractivity contribution in [3.63, 3.8) is 0 Å². The van der Waals surface area contributed by atoms with Gasteiger partial charge in [0.1, 0.15) is 10.0 Å². The lowest BCUT2D eigenvalue weighted by atomic mass is 10.1. The van der Waals surface area contributed by atoms with Crippen molar-refractivity contribution in [2.24, 2.45) is 0 Å². The number of pyridine rings is 1. The number of hydrogen-bond donors (Lipinski definition) is 3. The van der Waals surface area contributed by atoms with Crippen LogP contribution in [0.2, 0.25) is 5.15 Å². The summed E-state index contributed by atoms with van der Waals surface area (Å²) in [4.78, 5) is 3.50. The fourth-order valence-electron chi connectivity index (χ4n) is 0.977. The Morgan fingerprint density at radius 3 is 2.78 bits per heavy atom. The Hall–Kier alpha value is -0.250. The Morgan fingerprint density at radius 1 is 1.61 bits per heavy atom. The minimum absolute atomic E-state index is 0.172. The molecule has 6 nitrogen and oxygen atoms in total. The molecule has 0 spiro atoms. The summed E-state index contributed by atoms with van der Waals surface area (Å²) in [5.41, 5.74) is -1.54. The summed E-state index contributed by atoms with van der Waals surface area (Å²) in [5, 5.41) is 18.2. The molecule has 0 radical (unpaired) electrons. The van der Waals surface area contributed by atoms with E-state index in [0.717, 1.165) is 0 Å². The second-order valence-corrected chi connectivity index (χ2v) is 6.93. The SMILES string of the molecule is CC(O)(CO)CNS(=O)(=O)c1cc(Br)cnc1Cl. The van der Waals surface area contributed by atoms with E-state index >= 15 is 0 Å². The normalized spacial score (nSPS) is 15.4. The zero-order valence-electron chi connectivity index (χ0n) is 9.39. The van der Waals surface area contributed by atoms with Gasteiger partial charge in [-0.15, -0.1) is 0 Å². The second-order valence-electron chi connectivity index (χ2n) is 3.92. The zero-order valence-corrected chi connectivity index (χ0v) is 12.5. The van der Waals surface area contributed by atoms with Gasteiger partial charge in [-0.3, -0.25) is 0 Å². The quantitative estimate of drug-likeness (QED) is 0.666. The molecule has 0 aromatic carbocycles. The first-order chi connectivity index (χ1) is 8.18. The van der Waals surface area contributed by atoms with Crippen LogP contribution in [-0.4, -0.2) is 42.4 Å². The van der Waals surface area contributed by atoms with Gasteiger partial charge in [-0.05, 0) is 28.9 Å². The van der Waals surface area contributed by atoms with Crippen LogP contribution in [0.3, 0.4) is 0 Å². The fraction of sp³-hybridized carbons (Fsp3) is 0.444. The Kier molecular flexibility index (Phi) is 5.10. The maximum absolute atomic E-state index is 11.9. The first kappa shape index (κ1) is 15.8. The van der Waals surface area contributed by atoms with E-state index in [-0.39, 0.29) is 16.6 Å². The van der Waals surface area contributed by atoms with Crippen molar-refractivity contribution in [3.05, 3.63) is 21.9 Å². The molecule has 9 heteroatoms. The van der Waals surface area contributed by atoms with Gasteiger partial charge in [0.15, 0.2) is 0 Å². The smallest absolute Gasteiger partial charge is 0.243 e. The average Bonchev–Trinajstić information content (AvgIpc) is 2.30. The Bertz CT molecular complexity index is 535. The van der Waals surface area contributed by atoms with E-state index in [2.05, 4.69) is 25.6 Å². The molecule has 0 fully saturated rings. The van der Waals surface area contributed by atoms with Crippen LogP contribution in [0, 0.1) is 0 Å². The molecule has 18 heavy (non-hydrogen) atoms. The van der Waals surface area contributed by atoms with Gasteiger partial charge in [-0.25, -0.2) is 18.1 Å². The molecule has 0 bridgehead atoms. The van der Waals surface area contributed by atoms with E-state index in [1.54, 1.807) is 0 Å². The molecule has 0 saturated heterocycles. The molecule has 102 valence electrons. The number of aromatic nitrogens is 1. The van der Waals surface area contributed by atoms with Gasteiger partial charge < -0.3 is 10.2 Å². The zero-order chi connectivity index (χ0) is 14.0. The van der Waals surface area contributed by atoms with Crippen LogP contribution in [0.15, 0.2) is 21.6 Å². The lowest BCUT2D eigenvalue weighted by Crippen LogP contribution is -2.43. The lowest BCUT2D eigenvalue weighted by molar-refractivity contribution is 0.00681. The van der Waals surface area contributed by atoms with Crippen molar-refractivity contribution in [1.29, 1.82) is 0 Å². The number of nitrogens with one attached hydrogen (secondary N) is 1. The van der Waals surface area contributed by atoms with Crippen LogP contribution in [-0.2, 0) is 10.0 Å². The van der Waals surface area contributed by atoms with Gasteiger partial charge in [-0.2, -0.15) is 0 Å². The summed E-state index contributed by atoms with van der Waals surface area (Å²) in [6.07, 6.45) is 1.37. The number of rotatable bonds is 5. The third kappa shape index (κ3) is 4.15. The van der Waals surface area contributed by atoms with Crippen LogP contribution in [0.25, 0.3) is 0 Å². The number of halogens is 2. The first-order valence-corrected chi connectivity index (χ1v) is 7.47. The molecule has 0 aliphatic carbocycles. The predicted octanol–water partition coefficient (Wildman–Crippen LogP) is 0.519. The number of hydrogen-bond acceptors (Lipinski definition) is 5. The second kappa shape index (κ2) is 5.81. The Labute approximate surface area is 118 Å². The summed E-state index contributed by atoms with van der Waals surface area (Å²) < 4.78 is 26.4. The maximum Gasteiger partial charge on any atom is 0.243 e. The van der Waals surface area contributed by atoms with Crippen molar-refractivity contribution in [2.45, 2.75) is 17.4 Å².